The molecule has 1 heterocycles. The SMILES string of the molecule is Cc1noc(C)c1CNC(CC(C)C)C(=O)O. The van der Waals surface area contributed by atoms with Gasteiger partial charge in [-0.3, -0.25) is 4.79 Å². The third kappa shape index (κ3) is 3.85. The van der Waals surface area contributed by atoms with Crippen molar-refractivity contribution in [3.63, 3.8) is 0 Å². The first-order valence-electron chi connectivity index (χ1n) is 5.79. The Kier molecular flexibility index (Phi) is 4.69. The van der Waals surface area contributed by atoms with Gasteiger partial charge in [0.2, 0.25) is 0 Å². The van der Waals surface area contributed by atoms with Crippen LogP contribution in [0.3, 0.4) is 0 Å². The normalized spacial score (nSPS) is 13.0. The summed E-state index contributed by atoms with van der Waals surface area (Å²) in [6, 6.07) is -0.524. The molecule has 0 aliphatic rings. The number of aromatic nitrogens is 1. The van der Waals surface area contributed by atoms with Gasteiger partial charge >= 0.3 is 5.97 Å². The molecule has 17 heavy (non-hydrogen) atoms. The lowest BCUT2D eigenvalue weighted by Gasteiger charge is -2.16. The summed E-state index contributed by atoms with van der Waals surface area (Å²) in [5.74, 6) is 0.266. The lowest BCUT2D eigenvalue weighted by molar-refractivity contribution is -0.140. The molecule has 96 valence electrons. The molecule has 0 saturated carbocycles. The number of carboxylic acid groups (broad SMARTS) is 1. The Morgan fingerprint density at radius 1 is 1.47 bits per heavy atom. The van der Waals surface area contributed by atoms with Crippen molar-refractivity contribution in [1.29, 1.82) is 0 Å². The summed E-state index contributed by atoms with van der Waals surface area (Å²) in [6.07, 6.45) is 0.610. The van der Waals surface area contributed by atoms with E-state index in [1.165, 1.54) is 0 Å². The maximum atomic E-state index is 11.1. The van der Waals surface area contributed by atoms with E-state index in [-0.39, 0.29) is 0 Å². The van der Waals surface area contributed by atoms with Gasteiger partial charge in [0.1, 0.15) is 11.8 Å². The van der Waals surface area contributed by atoms with Crippen molar-refractivity contribution in [3.05, 3.63) is 17.0 Å². The van der Waals surface area contributed by atoms with E-state index in [1.54, 1.807) is 0 Å². The number of hydrogen-bond acceptors (Lipinski definition) is 4. The lowest BCUT2D eigenvalue weighted by Crippen LogP contribution is -2.37. The first-order chi connectivity index (χ1) is 7.91. The van der Waals surface area contributed by atoms with Crippen molar-refractivity contribution in [2.24, 2.45) is 5.92 Å². The smallest absolute Gasteiger partial charge is 0.320 e. The molecule has 1 aromatic heterocycles. The minimum atomic E-state index is -0.814. The van der Waals surface area contributed by atoms with Gasteiger partial charge in [0, 0.05) is 12.1 Å². The van der Waals surface area contributed by atoms with Gasteiger partial charge in [-0.05, 0) is 26.2 Å². The molecule has 0 saturated heterocycles. The summed E-state index contributed by atoms with van der Waals surface area (Å²) in [5.41, 5.74) is 1.75. The molecule has 0 bridgehead atoms. The van der Waals surface area contributed by atoms with Crippen LogP contribution < -0.4 is 5.32 Å². The second-order valence-electron chi connectivity index (χ2n) is 4.70. The Labute approximate surface area is 101 Å². The first-order valence-corrected chi connectivity index (χ1v) is 5.79. The molecule has 0 aromatic carbocycles. The van der Waals surface area contributed by atoms with Gasteiger partial charge in [-0.1, -0.05) is 19.0 Å². The van der Waals surface area contributed by atoms with Crippen LogP contribution in [0, 0.1) is 19.8 Å². The van der Waals surface area contributed by atoms with Gasteiger partial charge in [-0.25, -0.2) is 0 Å². The Morgan fingerprint density at radius 2 is 2.12 bits per heavy atom. The highest BCUT2D eigenvalue weighted by Gasteiger charge is 2.19. The maximum Gasteiger partial charge on any atom is 0.320 e. The van der Waals surface area contributed by atoms with Crippen LogP contribution in [0.5, 0.6) is 0 Å². The molecule has 5 heteroatoms. The van der Waals surface area contributed by atoms with E-state index in [4.69, 9.17) is 9.63 Å². The zero-order valence-corrected chi connectivity index (χ0v) is 10.8. The van der Waals surface area contributed by atoms with Gasteiger partial charge in [-0.2, -0.15) is 0 Å². The third-order valence-electron chi connectivity index (χ3n) is 2.71. The van der Waals surface area contributed by atoms with Crippen LogP contribution in [0.2, 0.25) is 0 Å². The van der Waals surface area contributed by atoms with Crippen molar-refractivity contribution >= 4 is 5.97 Å². The van der Waals surface area contributed by atoms with Crippen molar-refractivity contribution in [2.75, 3.05) is 0 Å². The number of nitrogens with zero attached hydrogens (tertiary/aromatic N) is 1. The lowest BCUT2D eigenvalue weighted by atomic mass is 10.0. The maximum absolute atomic E-state index is 11.1. The highest BCUT2D eigenvalue weighted by atomic mass is 16.5. The first kappa shape index (κ1) is 13.7. The van der Waals surface area contributed by atoms with E-state index in [0.29, 0.717) is 18.9 Å². The Balaban J connectivity index is 2.61. The zero-order valence-electron chi connectivity index (χ0n) is 10.8. The highest BCUT2D eigenvalue weighted by Crippen LogP contribution is 2.13. The van der Waals surface area contributed by atoms with Gasteiger partial charge in [0.25, 0.3) is 0 Å². The summed E-state index contributed by atoms with van der Waals surface area (Å²) in [6.45, 7) is 8.17. The molecule has 5 nitrogen and oxygen atoms in total. The summed E-state index contributed by atoms with van der Waals surface area (Å²) >= 11 is 0. The average Bonchev–Trinajstić information content (AvgIpc) is 2.53. The minimum absolute atomic E-state index is 0.341. The highest BCUT2D eigenvalue weighted by molar-refractivity contribution is 5.73. The van der Waals surface area contributed by atoms with E-state index in [1.807, 2.05) is 27.7 Å². The summed E-state index contributed by atoms with van der Waals surface area (Å²) < 4.78 is 5.03. The fourth-order valence-electron chi connectivity index (χ4n) is 1.72. The number of aryl methyl sites for hydroxylation is 2. The number of carboxylic acids is 1. The second-order valence-corrected chi connectivity index (χ2v) is 4.70. The fraction of sp³-hybridized carbons (Fsp3) is 0.667. The molecule has 0 aliphatic heterocycles. The predicted octanol–water partition coefficient (Wildman–Crippen LogP) is 1.88. The summed E-state index contributed by atoms with van der Waals surface area (Å²) in [7, 11) is 0. The number of rotatable bonds is 6. The van der Waals surface area contributed by atoms with Crippen LogP contribution in [0.15, 0.2) is 4.52 Å². The molecule has 0 aliphatic carbocycles. The molecule has 0 amide bonds. The molecule has 1 unspecified atom stereocenters. The van der Waals surface area contributed by atoms with Crippen molar-refractivity contribution in [1.82, 2.24) is 10.5 Å². The zero-order chi connectivity index (χ0) is 13.0. The van der Waals surface area contributed by atoms with Crippen molar-refractivity contribution in [2.45, 2.75) is 46.7 Å². The summed E-state index contributed by atoms with van der Waals surface area (Å²) in [4.78, 5) is 11.1. The van der Waals surface area contributed by atoms with Crippen LogP contribution in [0.1, 0.15) is 37.3 Å². The predicted molar refractivity (Wildman–Crippen MR) is 63.7 cm³/mol. The van der Waals surface area contributed by atoms with Gasteiger partial charge in [0.15, 0.2) is 0 Å². The van der Waals surface area contributed by atoms with E-state index in [0.717, 1.165) is 17.0 Å². The quantitative estimate of drug-likeness (QED) is 0.794. The number of nitrogens with one attached hydrogen (secondary N) is 1. The molecule has 0 fully saturated rings. The molecule has 1 aromatic rings. The molecule has 1 rings (SSSR count). The van der Waals surface area contributed by atoms with E-state index < -0.39 is 12.0 Å². The topological polar surface area (TPSA) is 75.4 Å². The van der Waals surface area contributed by atoms with E-state index >= 15 is 0 Å². The molecule has 1 atom stereocenters. The molecule has 2 N–H and O–H groups in total. The van der Waals surface area contributed by atoms with Crippen LogP contribution in [0.4, 0.5) is 0 Å². The molecule has 0 radical (unpaired) electrons. The second kappa shape index (κ2) is 5.82. The number of hydrogen-bond donors (Lipinski definition) is 2. The number of aliphatic carboxylic acids is 1. The molecular weight excluding hydrogens is 220 g/mol. The monoisotopic (exact) mass is 240 g/mol. The Bertz CT molecular complexity index is 366. The van der Waals surface area contributed by atoms with Gasteiger partial charge < -0.3 is 14.9 Å². The van der Waals surface area contributed by atoms with Gasteiger partial charge in [-0.15, -0.1) is 0 Å². The molecular formula is C12H20N2O3. The third-order valence-corrected chi connectivity index (χ3v) is 2.71. The Hall–Kier alpha value is -1.36. The average molecular weight is 240 g/mol. The van der Waals surface area contributed by atoms with E-state index in [9.17, 15) is 4.79 Å². The van der Waals surface area contributed by atoms with Crippen LogP contribution in [-0.2, 0) is 11.3 Å². The fourth-order valence-corrected chi connectivity index (χ4v) is 1.72. The van der Waals surface area contributed by atoms with Crippen molar-refractivity contribution < 1.29 is 14.4 Å². The largest absolute Gasteiger partial charge is 0.480 e. The summed E-state index contributed by atoms with van der Waals surface area (Å²) in [5, 5.41) is 16.0. The van der Waals surface area contributed by atoms with E-state index in [2.05, 4.69) is 10.5 Å². The van der Waals surface area contributed by atoms with Crippen molar-refractivity contribution in [3.8, 4) is 0 Å². The van der Waals surface area contributed by atoms with Crippen LogP contribution in [-0.4, -0.2) is 22.3 Å². The van der Waals surface area contributed by atoms with Crippen LogP contribution >= 0.6 is 0 Å². The minimum Gasteiger partial charge on any atom is -0.480 e. The number of carbonyl (C=O) groups is 1. The van der Waals surface area contributed by atoms with Crippen LogP contribution in [0.25, 0.3) is 0 Å². The molecule has 0 spiro atoms. The Morgan fingerprint density at radius 3 is 2.53 bits per heavy atom. The van der Waals surface area contributed by atoms with Gasteiger partial charge in [0.05, 0.1) is 5.69 Å². The standard InChI is InChI=1S/C12H20N2O3/c1-7(2)5-11(12(15)16)13-6-10-8(3)14-17-9(10)4/h7,11,13H,5-6H2,1-4H3,(H,15,16).